The Kier molecular flexibility index (Phi) is 8.73. The molecule has 0 aliphatic heterocycles. The fourth-order valence-corrected chi connectivity index (χ4v) is 4.75. The molecule has 1 amide bonds. The number of imidazole rings is 1. The number of hydrogen-bond donors (Lipinski definition) is 2. The van der Waals surface area contributed by atoms with E-state index in [4.69, 9.17) is 5.73 Å². The van der Waals surface area contributed by atoms with Crippen LogP contribution >= 0.6 is 0 Å². The number of hydrogen-bond acceptors (Lipinski definition) is 7. The predicted octanol–water partition coefficient (Wildman–Crippen LogP) is 4.98. The number of benzene rings is 3. The first kappa shape index (κ1) is 31.0. The zero-order valence-corrected chi connectivity index (χ0v) is 24.8. The van der Waals surface area contributed by atoms with Crippen molar-refractivity contribution >= 4 is 34.3 Å². The van der Waals surface area contributed by atoms with E-state index in [0.717, 1.165) is 24.4 Å². The number of halogens is 3. The molecule has 2 heterocycles. The maximum Gasteiger partial charge on any atom is 0.416 e. The molecule has 0 saturated heterocycles. The van der Waals surface area contributed by atoms with Gasteiger partial charge in [0.15, 0.2) is 11.5 Å². The van der Waals surface area contributed by atoms with Crippen LogP contribution in [0.1, 0.15) is 15.9 Å². The summed E-state index contributed by atoms with van der Waals surface area (Å²) < 4.78 is 42.1. The molecule has 0 aliphatic rings. The van der Waals surface area contributed by atoms with Gasteiger partial charge in [-0.15, -0.1) is 0 Å². The highest BCUT2D eigenvalue weighted by Crippen LogP contribution is 2.31. The van der Waals surface area contributed by atoms with E-state index in [1.54, 1.807) is 18.2 Å². The van der Waals surface area contributed by atoms with Gasteiger partial charge in [0.1, 0.15) is 11.8 Å². The summed E-state index contributed by atoms with van der Waals surface area (Å²) in [4.78, 5) is 39.4. The quantitative estimate of drug-likeness (QED) is 0.225. The molecule has 0 unspecified atom stereocenters. The molecule has 45 heavy (non-hydrogen) atoms. The molecule has 3 N–H and O–H groups in total. The van der Waals surface area contributed by atoms with Crippen LogP contribution in [0.2, 0.25) is 0 Å². The molecular formula is C32H31F3N8O2. The number of anilines is 3. The Morgan fingerprint density at radius 1 is 0.911 bits per heavy atom. The Balaban J connectivity index is 1.47. The van der Waals surface area contributed by atoms with Gasteiger partial charge in [-0.05, 0) is 74.8 Å². The number of fused-ring (bicyclic) bond motifs is 1. The van der Waals surface area contributed by atoms with E-state index in [1.807, 2.05) is 44.2 Å². The van der Waals surface area contributed by atoms with Crippen molar-refractivity contribution in [1.29, 1.82) is 0 Å². The van der Waals surface area contributed by atoms with Crippen molar-refractivity contribution in [3.05, 3.63) is 113 Å². The minimum atomic E-state index is -4.54. The summed E-state index contributed by atoms with van der Waals surface area (Å²) in [5.74, 6) is -0.530. The molecule has 0 bridgehead atoms. The molecule has 0 saturated carbocycles. The van der Waals surface area contributed by atoms with E-state index in [9.17, 15) is 22.8 Å². The molecule has 0 atom stereocenters. The van der Waals surface area contributed by atoms with Gasteiger partial charge in [0.25, 0.3) is 5.91 Å². The van der Waals surface area contributed by atoms with E-state index in [1.165, 1.54) is 39.7 Å². The Bertz CT molecular complexity index is 1930. The molecule has 3 aromatic carbocycles. The van der Waals surface area contributed by atoms with Crippen molar-refractivity contribution in [2.75, 3.05) is 50.2 Å². The number of likely N-dealkylation sites (N-methyl/N-ethyl adjacent to an activating group) is 2. The smallest absolute Gasteiger partial charge is 0.382 e. The van der Waals surface area contributed by atoms with Crippen LogP contribution < -0.4 is 21.6 Å². The molecule has 10 nitrogen and oxygen atoms in total. The number of carbonyl (C=O) groups is 1. The van der Waals surface area contributed by atoms with Gasteiger partial charge in [-0.25, -0.2) is 19.3 Å². The van der Waals surface area contributed by atoms with E-state index in [0.29, 0.717) is 23.6 Å². The molecule has 2 aromatic heterocycles. The monoisotopic (exact) mass is 616 g/mol. The van der Waals surface area contributed by atoms with Gasteiger partial charge in [0.2, 0.25) is 0 Å². The fourth-order valence-electron chi connectivity index (χ4n) is 4.75. The second kappa shape index (κ2) is 12.7. The lowest BCUT2D eigenvalue weighted by molar-refractivity contribution is -0.137. The lowest BCUT2D eigenvalue weighted by Gasteiger charge is -2.18. The van der Waals surface area contributed by atoms with Crippen LogP contribution in [0.15, 0.2) is 96.1 Å². The number of nitrogen functional groups attached to an aromatic ring is 1. The third kappa shape index (κ3) is 6.73. The van der Waals surface area contributed by atoms with Crippen molar-refractivity contribution in [3.8, 4) is 11.4 Å². The fraction of sp³-hybridized carbons (Fsp3) is 0.188. The first-order valence-electron chi connectivity index (χ1n) is 13.9. The minimum Gasteiger partial charge on any atom is -0.382 e. The number of aromatic nitrogens is 4. The molecule has 0 radical (unpaired) electrons. The summed E-state index contributed by atoms with van der Waals surface area (Å²) in [5, 5.41) is 2.48. The van der Waals surface area contributed by atoms with Gasteiger partial charge in [-0.2, -0.15) is 13.2 Å². The second-order valence-corrected chi connectivity index (χ2v) is 10.6. The van der Waals surface area contributed by atoms with Crippen molar-refractivity contribution < 1.29 is 18.0 Å². The molecule has 0 aliphatic carbocycles. The van der Waals surface area contributed by atoms with E-state index >= 15 is 0 Å². The predicted molar refractivity (Wildman–Crippen MR) is 169 cm³/mol. The average molecular weight is 617 g/mol. The number of amides is 1. The van der Waals surface area contributed by atoms with Gasteiger partial charge >= 0.3 is 11.9 Å². The standard InChI is InChI=1S/C32H31F3N8O2/c1-40(2)16-4-5-17-41(3)25-10-7-11-26(19-25)43-29-27(28(36)37-20-38-29)42(31(43)45)24-14-12-21(13-15-24)30(44)39-23-9-6-8-22(18-23)32(33,34)35/h4-15,18-20H,16-17H2,1-3H3,(H,39,44)(H2,36,37,38)/b5-4+. The molecule has 5 rings (SSSR count). The van der Waals surface area contributed by atoms with Gasteiger partial charge in [0.05, 0.1) is 16.9 Å². The largest absolute Gasteiger partial charge is 0.416 e. The number of nitrogens with two attached hydrogens (primary N) is 1. The van der Waals surface area contributed by atoms with Gasteiger partial charge < -0.3 is 20.9 Å². The summed E-state index contributed by atoms with van der Waals surface area (Å²) in [5.41, 5.74) is 7.51. The zero-order chi connectivity index (χ0) is 32.3. The lowest BCUT2D eigenvalue weighted by atomic mass is 10.1. The van der Waals surface area contributed by atoms with E-state index in [-0.39, 0.29) is 22.6 Å². The average Bonchev–Trinajstić information content (AvgIpc) is 3.31. The SMILES string of the molecule is CN(C)C/C=C/CN(C)c1cccc(-n2c(=O)n(-c3ccc(C(=O)Nc4cccc(C(F)(F)F)c4)cc3)c3c(N)ncnc32)c1. The highest BCUT2D eigenvalue weighted by atomic mass is 19.4. The Hall–Kier alpha value is -5.43. The lowest BCUT2D eigenvalue weighted by Crippen LogP contribution is -2.23. The summed E-state index contributed by atoms with van der Waals surface area (Å²) >= 11 is 0. The number of alkyl halides is 3. The van der Waals surface area contributed by atoms with E-state index < -0.39 is 23.3 Å². The Morgan fingerprint density at radius 2 is 1.62 bits per heavy atom. The normalized spacial score (nSPS) is 11.9. The Morgan fingerprint density at radius 3 is 2.33 bits per heavy atom. The van der Waals surface area contributed by atoms with Crippen LogP contribution in [0, 0.1) is 0 Å². The molecule has 232 valence electrons. The molecular weight excluding hydrogens is 585 g/mol. The maximum atomic E-state index is 14.0. The highest BCUT2D eigenvalue weighted by Gasteiger charge is 2.30. The van der Waals surface area contributed by atoms with Gasteiger partial charge in [0, 0.05) is 37.1 Å². The molecule has 0 fully saturated rings. The summed E-state index contributed by atoms with van der Waals surface area (Å²) in [6, 6.07) is 17.9. The zero-order valence-electron chi connectivity index (χ0n) is 24.8. The number of nitrogens with zero attached hydrogens (tertiary/aromatic N) is 6. The molecule has 0 spiro atoms. The Labute approximate surface area is 256 Å². The molecule has 13 heteroatoms. The van der Waals surface area contributed by atoms with Gasteiger partial charge in [-0.3, -0.25) is 9.36 Å². The number of carbonyl (C=O) groups excluding carboxylic acids is 1. The summed E-state index contributed by atoms with van der Waals surface area (Å²) in [6.07, 6.45) is 0.895. The topological polar surface area (TPSA) is 114 Å². The number of nitrogens with one attached hydrogen (secondary N) is 1. The third-order valence-electron chi connectivity index (χ3n) is 7.03. The van der Waals surface area contributed by atoms with Crippen LogP contribution in [0.4, 0.5) is 30.4 Å². The van der Waals surface area contributed by atoms with Crippen LogP contribution in [-0.4, -0.2) is 64.1 Å². The summed E-state index contributed by atoms with van der Waals surface area (Å²) in [6.45, 7) is 1.49. The highest BCUT2D eigenvalue weighted by molar-refractivity contribution is 6.04. The first-order chi connectivity index (χ1) is 21.4. The first-order valence-corrected chi connectivity index (χ1v) is 13.9. The van der Waals surface area contributed by atoms with Crippen LogP contribution in [0.3, 0.4) is 0 Å². The van der Waals surface area contributed by atoms with E-state index in [2.05, 4.69) is 32.3 Å². The minimum absolute atomic E-state index is 0.000532. The summed E-state index contributed by atoms with van der Waals surface area (Å²) in [7, 11) is 5.95. The third-order valence-corrected chi connectivity index (χ3v) is 7.03. The van der Waals surface area contributed by atoms with Gasteiger partial charge in [-0.1, -0.05) is 24.3 Å². The van der Waals surface area contributed by atoms with Crippen molar-refractivity contribution in [1.82, 2.24) is 24.0 Å². The van der Waals surface area contributed by atoms with Crippen LogP contribution in [0.25, 0.3) is 22.5 Å². The maximum absolute atomic E-state index is 14.0. The second-order valence-electron chi connectivity index (χ2n) is 10.6. The van der Waals surface area contributed by atoms with Crippen molar-refractivity contribution in [3.63, 3.8) is 0 Å². The van der Waals surface area contributed by atoms with Crippen molar-refractivity contribution in [2.24, 2.45) is 0 Å². The van der Waals surface area contributed by atoms with Crippen molar-refractivity contribution in [2.45, 2.75) is 6.18 Å². The van der Waals surface area contributed by atoms with Crippen LogP contribution in [0.5, 0.6) is 0 Å². The number of rotatable bonds is 9. The van der Waals surface area contributed by atoms with Crippen LogP contribution in [-0.2, 0) is 6.18 Å². The molecule has 5 aromatic rings.